The Morgan fingerprint density at radius 1 is 1.06 bits per heavy atom. The average molecular weight is 485 g/mol. The van der Waals surface area contributed by atoms with Crippen molar-refractivity contribution in [3.05, 3.63) is 35.5 Å². The van der Waals surface area contributed by atoms with Crippen LogP contribution < -0.4 is 0 Å². The van der Waals surface area contributed by atoms with E-state index >= 15 is 0 Å². The molecular weight excluding hydrogens is 456 g/mol. The predicted molar refractivity (Wildman–Crippen MR) is 116 cm³/mol. The summed E-state index contributed by atoms with van der Waals surface area (Å²) in [6.45, 7) is 7.44. The molecule has 0 aromatic carbocycles. The summed E-state index contributed by atoms with van der Waals surface area (Å²) >= 11 is 0. The highest BCUT2D eigenvalue weighted by molar-refractivity contribution is 6.03. The minimum absolute atomic E-state index is 0.0138. The molecule has 4 saturated heterocycles. The highest BCUT2D eigenvalue weighted by Crippen LogP contribution is 2.79. The molecule has 4 aliphatic heterocycles. The van der Waals surface area contributed by atoms with Crippen LogP contribution in [0.5, 0.6) is 0 Å². The van der Waals surface area contributed by atoms with E-state index in [4.69, 9.17) is 23.4 Å². The number of carbonyl (C=O) groups is 3. The van der Waals surface area contributed by atoms with Gasteiger partial charge in [0.1, 0.15) is 18.3 Å². The van der Waals surface area contributed by atoms with Crippen LogP contribution >= 0.6 is 0 Å². The first-order valence-corrected chi connectivity index (χ1v) is 12.2. The van der Waals surface area contributed by atoms with Crippen molar-refractivity contribution in [2.24, 2.45) is 22.2 Å². The van der Waals surface area contributed by atoms with Crippen LogP contribution in [0.25, 0.3) is 0 Å². The second kappa shape index (κ2) is 6.00. The molecule has 8 atom stereocenters. The Balaban J connectivity index is 1.47. The van der Waals surface area contributed by atoms with E-state index in [9.17, 15) is 19.5 Å². The summed E-state index contributed by atoms with van der Waals surface area (Å²) in [6.07, 6.45) is 2.15. The summed E-state index contributed by atoms with van der Waals surface area (Å²) in [5.41, 5.74) is -3.85. The smallest absolute Gasteiger partial charge is 0.339 e. The number of rotatable bonds is 1. The number of ketones is 1. The number of ether oxygens (including phenoxy) is 4. The maximum absolute atomic E-state index is 14.3. The number of aliphatic hydroxyl groups excluding tert-OH is 1. The molecule has 0 radical (unpaired) electrons. The zero-order chi connectivity index (χ0) is 24.8. The first kappa shape index (κ1) is 21.6. The molecule has 35 heavy (non-hydrogen) atoms. The van der Waals surface area contributed by atoms with Gasteiger partial charge in [0.15, 0.2) is 11.9 Å². The number of Topliss-reactive ketones (excluding diaryl/α,β-unsaturated/α-hetero) is 1. The third kappa shape index (κ3) is 2.07. The number of epoxide rings is 1. The van der Waals surface area contributed by atoms with Gasteiger partial charge in [0, 0.05) is 16.6 Å². The molecule has 0 amide bonds. The number of allylic oxidation sites excluding steroid dienone is 1. The number of hydrogen-bond acceptors (Lipinski definition) is 9. The quantitative estimate of drug-likeness (QED) is 0.473. The zero-order valence-electron chi connectivity index (χ0n) is 20.1. The highest BCUT2D eigenvalue weighted by atomic mass is 16.7. The summed E-state index contributed by atoms with van der Waals surface area (Å²) in [6, 6.07) is 1.76. The minimum atomic E-state index is -1.27. The molecule has 0 unspecified atom stereocenters. The third-order valence-corrected chi connectivity index (χ3v) is 10.2. The Kier molecular flexibility index (Phi) is 3.71. The maximum atomic E-state index is 14.3. The van der Waals surface area contributed by atoms with Crippen LogP contribution in [0.3, 0.4) is 0 Å². The van der Waals surface area contributed by atoms with Crippen molar-refractivity contribution in [3.63, 3.8) is 0 Å². The molecule has 2 aliphatic carbocycles. The van der Waals surface area contributed by atoms with Crippen molar-refractivity contribution in [2.45, 2.75) is 76.5 Å². The normalized spacial score (nSPS) is 49.2. The first-order valence-electron chi connectivity index (χ1n) is 12.2. The molecule has 6 aliphatic rings. The van der Waals surface area contributed by atoms with Gasteiger partial charge in [-0.15, -0.1) is 0 Å². The van der Waals surface area contributed by atoms with Crippen molar-refractivity contribution in [1.29, 1.82) is 0 Å². The van der Waals surface area contributed by atoms with Gasteiger partial charge in [0.05, 0.1) is 41.5 Å². The van der Waals surface area contributed by atoms with Crippen LogP contribution in [0.15, 0.2) is 34.3 Å². The van der Waals surface area contributed by atoms with E-state index in [1.807, 2.05) is 27.7 Å². The third-order valence-electron chi connectivity index (χ3n) is 10.2. The van der Waals surface area contributed by atoms with E-state index in [1.54, 1.807) is 12.3 Å². The molecule has 1 aromatic rings. The van der Waals surface area contributed by atoms with Crippen LogP contribution in [0.1, 0.15) is 58.6 Å². The lowest BCUT2D eigenvalue weighted by molar-refractivity contribution is -0.212. The number of aliphatic hydroxyl groups is 1. The van der Waals surface area contributed by atoms with Crippen LogP contribution in [0, 0.1) is 22.2 Å². The highest BCUT2D eigenvalue weighted by Gasteiger charge is 2.90. The Morgan fingerprint density at radius 2 is 1.83 bits per heavy atom. The molecule has 186 valence electrons. The molecule has 2 spiro atoms. The van der Waals surface area contributed by atoms with E-state index in [2.05, 4.69) is 0 Å². The van der Waals surface area contributed by atoms with Gasteiger partial charge >= 0.3 is 11.9 Å². The first-order chi connectivity index (χ1) is 16.4. The summed E-state index contributed by atoms with van der Waals surface area (Å²) < 4.78 is 29.4. The molecule has 9 heteroatoms. The van der Waals surface area contributed by atoms with E-state index < -0.39 is 57.5 Å². The summed E-state index contributed by atoms with van der Waals surface area (Å²) in [5.74, 6) is -2.07. The molecule has 5 fully saturated rings. The molecule has 1 N–H and O–H groups in total. The van der Waals surface area contributed by atoms with Gasteiger partial charge in [-0.1, -0.05) is 6.92 Å². The van der Waals surface area contributed by atoms with Gasteiger partial charge in [-0.25, -0.2) is 4.79 Å². The zero-order valence-corrected chi connectivity index (χ0v) is 20.1. The summed E-state index contributed by atoms with van der Waals surface area (Å²) in [4.78, 5) is 39.7. The topological polar surface area (TPSA) is 125 Å². The van der Waals surface area contributed by atoms with Gasteiger partial charge in [0.25, 0.3) is 0 Å². The Hall–Kier alpha value is -2.65. The van der Waals surface area contributed by atoms with Crippen molar-refractivity contribution in [3.8, 4) is 0 Å². The van der Waals surface area contributed by atoms with Crippen molar-refractivity contribution in [1.82, 2.24) is 0 Å². The molecule has 9 nitrogen and oxygen atoms in total. The number of carbonyl (C=O) groups excluding carboxylic acids is 3. The van der Waals surface area contributed by atoms with Crippen LogP contribution in [-0.4, -0.2) is 52.8 Å². The van der Waals surface area contributed by atoms with Crippen LogP contribution in [0.4, 0.5) is 0 Å². The van der Waals surface area contributed by atoms with Gasteiger partial charge in [-0.3, -0.25) is 9.59 Å². The fraction of sp³-hybridized carbons (Fsp3) is 0.654. The van der Waals surface area contributed by atoms with Gasteiger partial charge < -0.3 is 28.5 Å². The number of hydrogen-bond donors (Lipinski definition) is 1. The lowest BCUT2D eigenvalue weighted by Gasteiger charge is -2.63. The average Bonchev–Trinajstić information content (AvgIpc) is 3.26. The van der Waals surface area contributed by atoms with Crippen LogP contribution in [-0.2, 0) is 33.3 Å². The number of furan rings is 1. The van der Waals surface area contributed by atoms with Crippen molar-refractivity contribution < 1.29 is 42.9 Å². The van der Waals surface area contributed by atoms with E-state index in [0.29, 0.717) is 24.0 Å². The molecule has 0 bridgehead atoms. The number of fused-ring (bicyclic) bond motifs is 1. The van der Waals surface area contributed by atoms with E-state index in [-0.39, 0.29) is 30.7 Å². The van der Waals surface area contributed by atoms with Crippen LogP contribution in [0.2, 0.25) is 0 Å². The monoisotopic (exact) mass is 484 g/mol. The fourth-order valence-corrected chi connectivity index (χ4v) is 8.96. The lowest BCUT2D eigenvalue weighted by atomic mass is 9.39. The Bertz CT molecular complexity index is 1230. The van der Waals surface area contributed by atoms with Gasteiger partial charge in [0.2, 0.25) is 5.78 Å². The summed E-state index contributed by atoms with van der Waals surface area (Å²) in [7, 11) is 0. The lowest BCUT2D eigenvalue weighted by Crippen LogP contribution is -2.71. The SMILES string of the molecule is CC1(C)O[C@@H]2CC(=O)OC[C@]23C1=C(O)C(=O)[C@]1(C)[C@@H]3CC[C@@]2(C)[C@H](c3ccoc3)OC(=O)[C@@H]3O[C@]321. The standard InChI is InChI=1S/C26H28O9/c1-22(2)17-16(28)18(29)24(4)13(25(17)11-32-15(27)9-14(25)34-22)5-7-23(3)19(12-6-8-31-10-12)33-21(30)20-26(23,24)35-20/h6,8,10,13-14,19-20,28H,5,7,9,11H2,1-4H3/t13-,14+,19-,20-,23-,24-,25+,26+/m0/s1. The maximum Gasteiger partial charge on any atom is 0.339 e. The van der Waals surface area contributed by atoms with E-state index in [0.717, 1.165) is 0 Å². The molecule has 1 saturated carbocycles. The molecule has 5 heterocycles. The van der Waals surface area contributed by atoms with Gasteiger partial charge in [-0.05, 0) is 45.6 Å². The van der Waals surface area contributed by atoms with Gasteiger partial charge in [-0.2, -0.15) is 0 Å². The number of esters is 2. The molecule has 7 rings (SSSR count). The Morgan fingerprint density at radius 3 is 2.54 bits per heavy atom. The minimum Gasteiger partial charge on any atom is -0.504 e. The van der Waals surface area contributed by atoms with Crippen molar-refractivity contribution >= 4 is 17.7 Å². The predicted octanol–water partition coefficient (Wildman–Crippen LogP) is 2.94. The second-order valence-electron chi connectivity index (χ2n) is 11.9. The fourth-order valence-electron chi connectivity index (χ4n) is 8.96. The number of cyclic esters (lactones) is 2. The molecule has 1 aromatic heterocycles. The largest absolute Gasteiger partial charge is 0.504 e. The molecular formula is C26H28O9. The van der Waals surface area contributed by atoms with E-state index in [1.165, 1.54) is 6.26 Å². The van der Waals surface area contributed by atoms with Crippen molar-refractivity contribution in [2.75, 3.05) is 6.61 Å². The Labute approximate surface area is 201 Å². The second-order valence-corrected chi connectivity index (χ2v) is 11.9. The summed E-state index contributed by atoms with van der Waals surface area (Å²) in [5, 5.41) is 11.5.